The molecule has 0 saturated carbocycles. The van der Waals surface area contributed by atoms with Gasteiger partial charge < -0.3 is 15.4 Å². The summed E-state index contributed by atoms with van der Waals surface area (Å²) in [6, 6.07) is 15.8. The van der Waals surface area contributed by atoms with E-state index in [1.54, 1.807) is 7.11 Å². The topological polar surface area (TPSA) is 70.7 Å². The van der Waals surface area contributed by atoms with Gasteiger partial charge >= 0.3 is 0 Å². The molecule has 2 atom stereocenters. The Morgan fingerprint density at radius 1 is 1.00 bits per heavy atom. The number of methoxy groups -OCH3 is 1. The molecule has 0 radical (unpaired) electrons. The van der Waals surface area contributed by atoms with E-state index in [2.05, 4.69) is 46.7 Å². The summed E-state index contributed by atoms with van der Waals surface area (Å²) in [7, 11) is 1.61. The van der Waals surface area contributed by atoms with Crippen LogP contribution in [0.25, 0.3) is 0 Å². The lowest BCUT2D eigenvalue weighted by Gasteiger charge is -2.28. The molecular formula is C25H33N3O3. The Hall–Kier alpha value is -2.86. The quantitative estimate of drug-likeness (QED) is 0.647. The van der Waals surface area contributed by atoms with Crippen LogP contribution in [0.4, 0.5) is 0 Å². The molecule has 2 amide bonds. The van der Waals surface area contributed by atoms with Crippen molar-refractivity contribution in [2.24, 2.45) is 0 Å². The second kappa shape index (κ2) is 11.0. The van der Waals surface area contributed by atoms with Crippen molar-refractivity contribution >= 4 is 11.8 Å². The van der Waals surface area contributed by atoms with E-state index in [9.17, 15) is 9.59 Å². The summed E-state index contributed by atoms with van der Waals surface area (Å²) in [6.07, 6.45) is 2.57. The molecule has 1 aliphatic rings. The van der Waals surface area contributed by atoms with Crippen LogP contribution >= 0.6 is 0 Å². The third-order valence-electron chi connectivity index (χ3n) is 5.82. The lowest BCUT2D eigenvalue weighted by Crippen LogP contribution is -2.38. The number of carbonyl (C=O) groups is 2. The molecule has 166 valence electrons. The number of hydrogen-bond acceptors (Lipinski definition) is 4. The number of ether oxygens (including phenoxy) is 1. The number of likely N-dealkylation sites (tertiary alicyclic amines) is 1. The second-order valence-electron chi connectivity index (χ2n) is 8.20. The summed E-state index contributed by atoms with van der Waals surface area (Å²) >= 11 is 0. The van der Waals surface area contributed by atoms with Crippen LogP contribution in [0.2, 0.25) is 0 Å². The maximum atomic E-state index is 12.8. The van der Waals surface area contributed by atoms with Crippen LogP contribution in [0.5, 0.6) is 5.75 Å². The summed E-state index contributed by atoms with van der Waals surface area (Å²) in [5.74, 6) is 0.496. The zero-order valence-electron chi connectivity index (χ0n) is 18.7. The molecule has 0 spiro atoms. The largest absolute Gasteiger partial charge is 0.497 e. The van der Waals surface area contributed by atoms with Crippen molar-refractivity contribution in [2.45, 2.75) is 45.2 Å². The highest BCUT2D eigenvalue weighted by molar-refractivity contribution is 5.79. The number of rotatable bonds is 9. The predicted molar refractivity (Wildman–Crippen MR) is 122 cm³/mol. The molecule has 1 aliphatic heterocycles. The first kappa shape index (κ1) is 22.8. The number of nitrogens with one attached hydrogen (secondary N) is 2. The van der Waals surface area contributed by atoms with Gasteiger partial charge in [-0.05, 0) is 56.1 Å². The first-order valence-corrected chi connectivity index (χ1v) is 10.9. The van der Waals surface area contributed by atoms with Gasteiger partial charge in [0.15, 0.2) is 0 Å². The van der Waals surface area contributed by atoms with Gasteiger partial charge in [0.2, 0.25) is 11.8 Å². The predicted octanol–water partition coefficient (Wildman–Crippen LogP) is 3.52. The zero-order chi connectivity index (χ0) is 22.2. The van der Waals surface area contributed by atoms with Crippen LogP contribution in [-0.4, -0.2) is 43.5 Å². The van der Waals surface area contributed by atoms with Crippen molar-refractivity contribution in [1.82, 2.24) is 15.5 Å². The van der Waals surface area contributed by atoms with E-state index in [1.807, 2.05) is 24.3 Å². The lowest BCUT2D eigenvalue weighted by atomic mass is 10.0. The molecule has 6 heteroatoms. The van der Waals surface area contributed by atoms with Gasteiger partial charge in [0.25, 0.3) is 0 Å². The molecule has 6 nitrogen and oxygen atoms in total. The Balaban J connectivity index is 1.66. The van der Waals surface area contributed by atoms with Gasteiger partial charge in [0, 0.05) is 13.5 Å². The highest BCUT2D eigenvalue weighted by atomic mass is 16.5. The summed E-state index contributed by atoms with van der Waals surface area (Å²) in [4.78, 5) is 27.0. The SMILES string of the molecule is COc1ccc(C(CC(=O)NCC(c2ccc(C)cc2)N2CCCC2)NC(C)=O)cc1. The molecular weight excluding hydrogens is 390 g/mol. The molecule has 0 bridgehead atoms. The van der Waals surface area contributed by atoms with E-state index in [-0.39, 0.29) is 30.3 Å². The highest BCUT2D eigenvalue weighted by Crippen LogP contribution is 2.25. The average Bonchev–Trinajstić information content (AvgIpc) is 3.29. The average molecular weight is 424 g/mol. The van der Waals surface area contributed by atoms with Crippen LogP contribution in [0, 0.1) is 6.92 Å². The van der Waals surface area contributed by atoms with Crippen LogP contribution in [0.1, 0.15) is 55.0 Å². The molecule has 0 aliphatic carbocycles. The van der Waals surface area contributed by atoms with Gasteiger partial charge in [-0.15, -0.1) is 0 Å². The van der Waals surface area contributed by atoms with E-state index in [0.717, 1.165) is 24.4 Å². The number of hydrogen-bond donors (Lipinski definition) is 2. The number of amides is 2. The van der Waals surface area contributed by atoms with Gasteiger partial charge in [-0.2, -0.15) is 0 Å². The van der Waals surface area contributed by atoms with Crippen LogP contribution < -0.4 is 15.4 Å². The van der Waals surface area contributed by atoms with Crippen molar-refractivity contribution in [1.29, 1.82) is 0 Å². The van der Waals surface area contributed by atoms with E-state index < -0.39 is 0 Å². The second-order valence-corrected chi connectivity index (χ2v) is 8.20. The fourth-order valence-electron chi connectivity index (χ4n) is 4.10. The Labute approximate surface area is 185 Å². The Morgan fingerprint density at radius 3 is 2.19 bits per heavy atom. The van der Waals surface area contributed by atoms with Crippen LogP contribution in [0.3, 0.4) is 0 Å². The van der Waals surface area contributed by atoms with Crippen molar-refractivity contribution in [3.8, 4) is 5.75 Å². The van der Waals surface area contributed by atoms with E-state index in [4.69, 9.17) is 4.74 Å². The van der Waals surface area contributed by atoms with E-state index in [0.29, 0.717) is 6.54 Å². The molecule has 2 aromatic carbocycles. The third-order valence-corrected chi connectivity index (χ3v) is 5.82. The molecule has 1 saturated heterocycles. The van der Waals surface area contributed by atoms with Gasteiger partial charge in [-0.1, -0.05) is 42.0 Å². The molecule has 31 heavy (non-hydrogen) atoms. The van der Waals surface area contributed by atoms with Gasteiger partial charge in [-0.3, -0.25) is 14.5 Å². The first-order chi connectivity index (χ1) is 15.0. The molecule has 1 heterocycles. The summed E-state index contributed by atoms with van der Waals surface area (Å²) in [6.45, 7) is 6.20. The number of nitrogens with zero attached hydrogens (tertiary/aromatic N) is 1. The fourth-order valence-corrected chi connectivity index (χ4v) is 4.10. The molecule has 3 rings (SSSR count). The normalized spacial score (nSPS) is 15.8. The van der Waals surface area contributed by atoms with Crippen molar-refractivity contribution in [3.05, 3.63) is 65.2 Å². The molecule has 2 N–H and O–H groups in total. The lowest BCUT2D eigenvalue weighted by molar-refractivity contribution is -0.123. The number of benzene rings is 2. The van der Waals surface area contributed by atoms with E-state index in [1.165, 1.54) is 30.9 Å². The summed E-state index contributed by atoms with van der Waals surface area (Å²) < 4.78 is 5.20. The summed E-state index contributed by atoms with van der Waals surface area (Å²) in [5.41, 5.74) is 3.33. The monoisotopic (exact) mass is 423 g/mol. The molecule has 2 unspecified atom stereocenters. The number of aryl methyl sites for hydroxylation is 1. The van der Waals surface area contributed by atoms with Crippen molar-refractivity contribution in [3.63, 3.8) is 0 Å². The van der Waals surface area contributed by atoms with Crippen molar-refractivity contribution < 1.29 is 14.3 Å². The number of carbonyl (C=O) groups excluding carboxylic acids is 2. The minimum absolute atomic E-state index is 0.0779. The molecule has 1 fully saturated rings. The maximum absolute atomic E-state index is 12.8. The fraction of sp³-hybridized carbons (Fsp3) is 0.440. The highest BCUT2D eigenvalue weighted by Gasteiger charge is 2.25. The van der Waals surface area contributed by atoms with Crippen molar-refractivity contribution in [2.75, 3.05) is 26.7 Å². The molecule has 0 aromatic heterocycles. The molecule has 2 aromatic rings. The van der Waals surface area contributed by atoms with E-state index >= 15 is 0 Å². The van der Waals surface area contributed by atoms with Gasteiger partial charge in [0.05, 0.1) is 25.6 Å². The minimum atomic E-state index is -0.381. The smallest absolute Gasteiger partial charge is 0.222 e. The standard InChI is InChI=1S/C25H33N3O3/c1-18-6-8-21(9-7-18)24(28-14-4-5-15-28)17-26-25(30)16-23(27-19(2)29)20-10-12-22(31-3)13-11-20/h6-13,23-24H,4-5,14-17H2,1-3H3,(H,26,30)(H,27,29). The van der Waals surface area contributed by atoms with Gasteiger partial charge in [0.1, 0.15) is 5.75 Å². The zero-order valence-corrected chi connectivity index (χ0v) is 18.7. The first-order valence-electron chi connectivity index (χ1n) is 10.9. The van der Waals surface area contributed by atoms with Crippen LogP contribution in [-0.2, 0) is 9.59 Å². The Kier molecular flexibility index (Phi) is 8.06. The Morgan fingerprint density at radius 2 is 1.61 bits per heavy atom. The van der Waals surface area contributed by atoms with Gasteiger partial charge in [-0.25, -0.2) is 0 Å². The Bertz CT molecular complexity index is 859. The minimum Gasteiger partial charge on any atom is -0.497 e. The summed E-state index contributed by atoms with van der Waals surface area (Å²) in [5, 5.41) is 6.01. The third kappa shape index (κ3) is 6.56. The maximum Gasteiger partial charge on any atom is 0.222 e. The van der Waals surface area contributed by atoms with Crippen LogP contribution in [0.15, 0.2) is 48.5 Å².